The Morgan fingerprint density at radius 2 is 1.77 bits per heavy atom. The van der Waals surface area contributed by atoms with E-state index in [1.165, 1.54) is 25.7 Å². The maximum absolute atomic E-state index is 2.45. The summed E-state index contributed by atoms with van der Waals surface area (Å²) in [5.41, 5.74) is 0. The van der Waals surface area contributed by atoms with Crippen LogP contribution in [0.1, 0.15) is 58.8 Å². The van der Waals surface area contributed by atoms with Crippen molar-refractivity contribution in [1.29, 1.82) is 0 Å². The van der Waals surface area contributed by atoms with Gasteiger partial charge in [0.05, 0.1) is 0 Å². The summed E-state index contributed by atoms with van der Waals surface area (Å²) in [6.45, 7) is 4.84. The van der Waals surface area contributed by atoms with Crippen molar-refractivity contribution in [2.24, 2.45) is 23.7 Å². The molecule has 0 N–H and O–H groups in total. The molecular formula is C13H24. The molecule has 0 bridgehead atoms. The highest BCUT2D eigenvalue weighted by Gasteiger charge is 2.32. The van der Waals surface area contributed by atoms with Crippen LogP contribution >= 0.6 is 0 Å². The molecule has 0 heterocycles. The SMILES string of the molecule is CCC1CCC(C)CC1CC1CC1. The Hall–Kier alpha value is 0. The first-order valence-corrected chi connectivity index (χ1v) is 6.29. The molecule has 2 aliphatic carbocycles. The summed E-state index contributed by atoms with van der Waals surface area (Å²) in [5.74, 6) is 4.34. The van der Waals surface area contributed by atoms with Crippen molar-refractivity contribution in [1.82, 2.24) is 0 Å². The molecule has 2 aliphatic rings. The molecule has 0 amide bonds. The minimum absolute atomic E-state index is 1.02. The van der Waals surface area contributed by atoms with E-state index < -0.39 is 0 Å². The molecule has 3 atom stereocenters. The van der Waals surface area contributed by atoms with Gasteiger partial charge in [0.25, 0.3) is 0 Å². The fourth-order valence-electron chi connectivity index (χ4n) is 3.17. The first-order valence-electron chi connectivity index (χ1n) is 6.29. The van der Waals surface area contributed by atoms with Crippen LogP contribution in [0, 0.1) is 23.7 Å². The van der Waals surface area contributed by atoms with Gasteiger partial charge in [-0.25, -0.2) is 0 Å². The summed E-state index contributed by atoms with van der Waals surface area (Å²) >= 11 is 0. The summed E-state index contributed by atoms with van der Waals surface area (Å²) in [7, 11) is 0. The molecule has 0 aromatic rings. The van der Waals surface area contributed by atoms with Gasteiger partial charge in [0, 0.05) is 0 Å². The summed E-state index contributed by atoms with van der Waals surface area (Å²) < 4.78 is 0. The van der Waals surface area contributed by atoms with Gasteiger partial charge in [0.15, 0.2) is 0 Å². The van der Waals surface area contributed by atoms with E-state index in [-0.39, 0.29) is 0 Å². The molecule has 0 radical (unpaired) electrons. The second-order valence-corrected chi connectivity index (χ2v) is 5.53. The lowest BCUT2D eigenvalue weighted by molar-refractivity contribution is 0.168. The number of rotatable bonds is 3. The molecule has 3 unspecified atom stereocenters. The summed E-state index contributed by atoms with van der Waals surface area (Å²) in [6.07, 6.45) is 10.7. The summed E-state index contributed by atoms with van der Waals surface area (Å²) in [5, 5.41) is 0. The maximum Gasteiger partial charge on any atom is -0.0381 e. The molecule has 2 rings (SSSR count). The average molecular weight is 180 g/mol. The Balaban J connectivity index is 1.85. The Kier molecular flexibility index (Phi) is 2.96. The van der Waals surface area contributed by atoms with Crippen molar-refractivity contribution in [3.05, 3.63) is 0 Å². The molecule has 0 heteroatoms. The van der Waals surface area contributed by atoms with Crippen molar-refractivity contribution in [3.63, 3.8) is 0 Å². The van der Waals surface area contributed by atoms with Crippen LogP contribution in [0.3, 0.4) is 0 Å². The standard InChI is InChI=1S/C13H24/c1-3-12-7-4-10(2)8-13(12)9-11-5-6-11/h10-13H,3-9H2,1-2H3. The normalized spacial score (nSPS) is 40.6. The minimum Gasteiger partial charge on any atom is -0.0651 e. The van der Waals surface area contributed by atoms with E-state index in [4.69, 9.17) is 0 Å². The highest BCUT2D eigenvalue weighted by molar-refractivity contribution is 4.83. The van der Waals surface area contributed by atoms with Crippen LogP contribution in [0.15, 0.2) is 0 Å². The Morgan fingerprint density at radius 1 is 1.00 bits per heavy atom. The zero-order valence-electron chi connectivity index (χ0n) is 9.26. The lowest BCUT2D eigenvalue weighted by atomic mass is 9.71. The molecule has 13 heavy (non-hydrogen) atoms. The lowest BCUT2D eigenvalue weighted by Gasteiger charge is -2.34. The summed E-state index contributed by atoms with van der Waals surface area (Å²) in [6, 6.07) is 0. The fourth-order valence-corrected chi connectivity index (χ4v) is 3.17. The molecule has 0 nitrogen and oxygen atoms in total. The van der Waals surface area contributed by atoms with E-state index in [1.807, 2.05) is 0 Å². The van der Waals surface area contributed by atoms with E-state index in [0.717, 1.165) is 23.7 Å². The topological polar surface area (TPSA) is 0 Å². The Labute approximate surface area is 83.1 Å². The van der Waals surface area contributed by atoms with Gasteiger partial charge in [0.1, 0.15) is 0 Å². The molecule has 0 aliphatic heterocycles. The molecular weight excluding hydrogens is 156 g/mol. The third-order valence-corrected chi connectivity index (χ3v) is 4.26. The van der Waals surface area contributed by atoms with E-state index >= 15 is 0 Å². The van der Waals surface area contributed by atoms with Gasteiger partial charge in [-0.3, -0.25) is 0 Å². The second kappa shape index (κ2) is 4.02. The van der Waals surface area contributed by atoms with Gasteiger partial charge in [-0.1, -0.05) is 39.5 Å². The van der Waals surface area contributed by atoms with Gasteiger partial charge >= 0.3 is 0 Å². The van der Waals surface area contributed by atoms with Gasteiger partial charge in [-0.15, -0.1) is 0 Å². The van der Waals surface area contributed by atoms with Gasteiger partial charge in [-0.05, 0) is 42.9 Å². The van der Waals surface area contributed by atoms with Crippen LogP contribution in [-0.2, 0) is 0 Å². The van der Waals surface area contributed by atoms with Crippen LogP contribution < -0.4 is 0 Å². The molecule has 0 saturated heterocycles. The average Bonchev–Trinajstić information content (AvgIpc) is 2.89. The number of hydrogen-bond donors (Lipinski definition) is 0. The van der Waals surface area contributed by atoms with E-state index in [2.05, 4.69) is 13.8 Å². The molecule has 2 fully saturated rings. The molecule has 0 aromatic carbocycles. The second-order valence-electron chi connectivity index (χ2n) is 5.53. The third-order valence-electron chi connectivity index (χ3n) is 4.26. The molecule has 76 valence electrons. The van der Waals surface area contributed by atoms with Crippen molar-refractivity contribution in [2.75, 3.05) is 0 Å². The first-order chi connectivity index (χ1) is 6.29. The van der Waals surface area contributed by atoms with Crippen LogP contribution in [0.25, 0.3) is 0 Å². The van der Waals surface area contributed by atoms with Crippen LogP contribution in [-0.4, -0.2) is 0 Å². The van der Waals surface area contributed by atoms with Crippen molar-refractivity contribution >= 4 is 0 Å². The lowest BCUT2D eigenvalue weighted by Crippen LogP contribution is -2.23. The maximum atomic E-state index is 2.45. The summed E-state index contributed by atoms with van der Waals surface area (Å²) in [4.78, 5) is 0. The van der Waals surface area contributed by atoms with Gasteiger partial charge in [0.2, 0.25) is 0 Å². The van der Waals surface area contributed by atoms with Crippen molar-refractivity contribution < 1.29 is 0 Å². The minimum atomic E-state index is 1.02. The molecule has 0 aromatic heterocycles. The molecule has 2 saturated carbocycles. The zero-order valence-corrected chi connectivity index (χ0v) is 9.26. The van der Waals surface area contributed by atoms with Gasteiger partial charge in [-0.2, -0.15) is 0 Å². The Morgan fingerprint density at radius 3 is 2.38 bits per heavy atom. The van der Waals surface area contributed by atoms with Crippen molar-refractivity contribution in [2.45, 2.75) is 58.8 Å². The fraction of sp³-hybridized carbons (Fsp3) is 1.00. The number of hydrogen-bond acceptors (Lipinski definition) is 0. The van der Waals surface area contributed by atoms with Crippen LogP contribution in [0.5, 0.6) is 0 Å². The highest BCUT2D eigenvalue weighted by atomic mass is 14.4. The Bertz CT molecular complexity index is 155. The quantitative estimate of drug-likeness (QED) is 0.609. The van der Waals surface area contributed by atoms with E-state index in [0.29, 0.717) is 0 Å². The first kappa shape index (κ1) is 9.55. The third kappa shape index (κ3) is 2.48. The zero-order chi connectivity index (χ0) is 9.26. The highest BCUT2D eigenvalue weighted by Crippen LogP contribution is 2.44. The largest absolute Gasteiger partial charge is 0.0651 e. The predicted molar refractivity (Wildman–Crippen MR) is 57.6 cm³/mol. The van der Waals surface area contributed by atoms with E-state index in [9.17, 15) is 0 Å². The van der Waals surface area contributed by atoms with Crippen LogP contribution in [0.2, 0.25) is 0 Å². The van der Waals surface area contributed by atoms with Gasteiger partial charge < -0.3 is 0 Å². The van der Waals surface area contributed by atoms with Crippen molar-refractivity contribution in [3.8, 4) is 0 Å². The smallest absolute Gasteiger partial charge is 0.0381 e. The molecule has 0 spiro atoms. The monoisotopic (exact) mass is 180 g/mol. The van der Waals surface area contributed by atoms with Crippen LogP contribution in [0.4, 0.5) is 0 Å². The predicted octanol–water partition coefficient (Wildman–Crippen LogP) is 4.25. The van der Waals surface area contributed by atoms with E-state index in [1.54, 1.807) is 19.3 Å².